The van der Waals surface area contributed by atoms with Crippen molar-refractivity contribution in [1.82, 2.24) is 5.48 Å². The average Bonchev–Trinajstić information content (AvgIpc) is 2.72. The summed E-state index contributed by atoms with van der Waals surface area (Å²) in [5, 5.41) is 6.36. The number of amides is 1. The van der Waals surface area contributed by atoms with Crippen LogP contribution in [-0.4, -0.2) is 41.2 Å². The van der Waals surface area contributed by atoms with Crippen LogP contribution in [0.2, 0.25) is 0 Å². The van der Waals surface area contributed by atoms with Gasteiger partial charge >= 0.3 is 11.9 Å². The van der Waals surface area contributed by atoms with E-state index in [2.05, 4.69) is 23.9 Å². The number of rotatable bonds is 19. The summed E-state index contributed by atoms with van der Waals surface area (Å²) >= 11 is 0. The Bertz CT molecular complexity index is 675. The van der Waals surface area contributed by atoms with Crippen molar-refractivity contribution < 1.29 is 37.3 Å². The first-order chi connectivity index (χ1) is 15.2. The Labute approximate surface area is 191 Å². The smallest absolute Gasteiger partial charge is 0.334 e. The molecule has 0 rings (SSSR count). The summed E-state index contributed by atoms with van der Waals surface area (Å²) in [5.74, 6) is -3.72. The Kier molecular flexibility index (Phi) is 17.5. The van der Waals surface area contributed by atoms with Crippen molar-refractivity contribution in [3.05, 3.63) is 12.2 Å². The number of hydrogen-bond acceptors (Lipinski definition) is 6. The SMILES string of the molecule is CCCCCCCC/C=C\CCCCCCCC(=O)NOC(=O)CC(C(=O)O)S(=O)(=O)O. The topological polar surface area (TPSA) is 147 Å². The summed E-state index contributed by atoms with van der Waals surface area (Å²) in [4.78, 5) is 38.2. The maximum absolute atomic E-state index is 11.6. The summed E-state index contributed by atoms with van der Waals surface area (Å²) < 4.78 is 30.5. The molecule has 0 aromatic carbocycles. The normalized spacial score (nSPS) is 12.6. The third kappa shape index (κ3) is 17.7. The molecule has 0 radical (unpaired) electrons. The van der Waals surface area contributed by atoms with Gasteiger partial charge in [0.15, 0.2) is 5.25 Å². The van der Waals surface area contributed by atoms with Crippen LogP contribution in [-0.2, 0) is 29.3 Å². The van der Waals surface area contributed by atoms with Gasteiger partial charge in [-0.2, -0.15) is 13.9 Å². The van der Waals surface area contributed by atoms with Crippen molar-refractivity contribution in [1.29, 1.82) is 0 Å². The first-order valence-corrected chi connectivity index (χ1v) is 13.0. The number of carboxylic acids is 1. The second-order valence-corrected chi connectivity index (χ2v) is 9.48. The lowest BCUT2D eigenvalue weighted by atomic mass is 10.1. The van der Waals surface area contributed by atoms with Gasteiger partial charge in [-0.3, -0.25) is 14.1 Å². The molecule has 0 aliphatic heterocycles. The zero-order valence-corrected chi connectivity index (χ0v) is 19.9. The van der Waals surface area contributed by atoms with Crippen LogP contribution in [0.25, 0.3) is 0 Å². The van der Waals surface area contributed by atoms with E-state index in [4.69, 9.17) is 9.66 Å². The maximum atomic E-state index is 11.6. The fourth-order valence-electron chi connectivity index (χ4n) is 3.03. The van der Waals surface area contributed by atoms with E-state index in [0.29, 0.717) is 6.42 Å². The van der Waals surface area contributed by atoms with Crippen LogP contribution in [0, 0.1) is 0 Å². The van der Waals surface area contributed by atoms with Crippen LogP contribution in [0.15, 0.2) is 12.2 Å². The Hall–Kier alpha value is -1.94. The summed E-state index contributed by atoms with van der Waals surface area (Å²) in [6.07, 6.45) is 18.2. The van der Waals surface area contributed by atoms with E-state index in [9.17, 15) is 22.8 Å². The van der Waals surface area contributed by atoms with Crippen LogP contribution in [0.5, 0.6) is 0 Å². The monoisotopic (exact) mass is 477 g/mol. The van der Waals surface area contributed by atoms with E-state index in [1.165, 1.54) is 38.5 Å². The number of hydrogen-bond donors (Lipinski definition) is 3. The van der Waals surface area contributed by atoms with Gasteiger partial charge in [0.05, 0.1) is 6.42 Å². The lowest BCUT2D eigenvalue weighted by Gasteiger charge is -2.09. The molecule has 1 atom stereocenters. The lowest BCUT2D eigenvalue weighted by molar-refractivity contribution is -0.159. The van der Waals surface area contributed by atoms with Crippen LogP contribution in [0.4, 0.5) is 0 Å². The molecule has 0 saturated carbocycles. The molecule has 9 nitrogen and oxygen atoms in total. The molecule has 186 valence electrons. The van der Waals surface area contributed by atoms with E-state index < -0.39 is 39.6 Å². The van der Waals surface area contributed by atoms with E-state index in [1.54, 1.807) is 0 Å². The maximum Gasteiger partial charge on any atom is 0.334 e. The zero-order chi connectivity index (χ0) is 24.2. The van der Waals surface area contributed by atoms with Crippen molar-refractivity contribution in [2.75, 3.05) is 0 Å². The predicted octanol–water partition coefficient (Wildman–Crippen LogP) is 4.33. The Morgan fingerprint density at radius 1 is 0.875 bits per heavy atom. The third-order valence-electron chi connectivity index (χ3n) is 4.93. The minimum atomic E-state index is -4.95. The number of unbranched alkanes of at least 4 members (excludes halogenated alkanes) is 11. The molecule has 0 heterocycles. The van der Waals surface area contributed by atoms with Gasteiger partial charge < -0.3 is 9.94 Å². The number of carboxylic acid groups (broad SMARTS) is 1. The van der Waals surface area contributed by atoms with Crippen LogP contribution in [0.3, 0.4) is 0 Å². The molecule has 0 spiro atoms. The molecular formula is C22H39NO8S. The quantitative estimate of drug-likeness (QED) is 0.108. The molecule has 0 bridgehead atoms. The van der Waals surface area contributed by atoms with Crippen molar-refractivity contribution in [3.63, 3.8) is 0 Å². The van der Waals surface area contributed by atoms with Gasteiger partial charge in [-0.1, -0.05) is 70.4 Å². The molecular weight excluding hydrogens is 438 g/mol. The number of allylic oxidation sites excluding steroid dienone is 2. The number of carbonyl (C=O) groups excluding carboxylic acids is 2. The highest BCUT2D eigenvalue weighted by Crippen LogP contribution is 2.10. The van der Waals surface area contributed by atoms with Crippen LogP contribution < -0.4 is 5.48 Å². The van der Waals surface area contributed by atoms with Gasteiger partial charge in [-0.15, -0.1) is 0 Å². The third-order valence-corrected chi connectivity index (χ3v) is 6.02. The Morgan fingerprint density at radius 2 is 1.38 bits per heavy atom. The largest absolute Gasteiger partial charge is 0.480 e. The fraction of sp³-hybridized carbons (Fsp3) is 0.773. The second kappa shape index (κ2) is 18.6. The van der Waals surface area contributed by atoms with Gasteiger partial charge in [0.25, 0.3) is 16.0 Å². The fourth-order valence-corrected chi connectivity index (χ4v) is 3.64. The zero-order valence-electron chi connectivity index (χ0n) is 19.1. The van der Waals surface area contributed by atoms with Crippen LogP contribution >= 0.6 is 0 Å². The summed E-state index contributed by atoms with van der Waals surface area (Å²) in [7, 11) is -4.95. The van der Waals surface area contributed by atoms with Gasteiger partial charge in [-0.05, 0) is 32.1 Å². The molecule has 3 N–H and O–H groups in total. The molecule has 0 aliphatic carbocycles. The Morgan fingerprint density at radius 3 is 1.88 bits per heavy atom. The van der Waals surface area contributed by atoms with Gasteiger partial charge in [-0.25, -0.2) is 4.79 Å². The van der Waals surface area contributed by atoms with Crippen LogP contribution in [0.1, 0.15) is 103 Å². The predicted molar refractivity (Wildman–Crippen MR) is 121 cm³/mol. The summed E-state index contributed by atoms with van der Waals surface area (Å²) in [5.41, 5.74) is 1.86. The lowest BCUT2D eigenvalue weighted by Crippen LogP contribution is -2.35. The first kappa shape index (κ1) is 30.1. The number of nitrogens with one attached hydrogen (secondary N) is 1. The van der Waals surface area contributed by atoms with Gasteiger partial charge in [0, 0.05) is 6.42 Å². The molecule has 0 aliphatic rings. The number of aliphatic carboxylic acids is 1. The number of carbonyl (C=O) groups is 3. The standard InChI is InChI=1S/C22H39NO8S/c1-2-3-4-5-6-7-8-9-10-11-12-13-14-15-16-17-20(24)23-31-21(25)18-19(22(26)27)32(28,29)30/h9-10,19H,2-8,11-18H2,1H3,(H,23,24)(H,26,27)(H,28,29,30)/b10-9-. The highest BCUT2D eigenvalue weighted by Gasteiger charge is 2.34. The molecule has 1 amide bonds. The average molecular weight is 478 g/mol. The molecule has 10 heteroatoms. The van der Waals surface area contributed by atoms with E-state index >= 15 is 0 Å². The van der Waals surface area contributed by atoms with E-state index in [1.807, 2.05) is 5.48 Å². The number of hydroxylamine groups is 1. The van der Waals surface area contributed by atoms with E-state index in [-0.39, 0.29) is 6.42 Å². The highest BCUT2D eigenvalue weighted by atomic mass is 32.2. The summed E-state index contributed by atoms with van der Waals surface area (Å²) in [6, 6.07) is 0. The van der Waals surface area contributed by atoms with Gasteiger partial charge in [0.1, 0.15) is 0 Å². The van der Waals surface area contributed by atoms with Crippen molar-refractivity contribution in [2.45, 2.75) is 108 Å². The van der Waals surface area contributed by atoms with Crippen molar-refractivity contribution in [2.24, 2.45) is 0 Å². The van der Waals surface area contributed by atoms with Crippen molar-refractivity contribution >= 4 is 28.0 Å². The first-order valence-electron chi connectivity index (χ1n) is 11.5. The van der Waals surface area contributed by atoms with E-state index in [0.717, 1.165) is 38.5 Å². The summed E-state index contributed by atoms with van der Waals surface area (Å²) in [6.45, 7) is 2.22. The van der Waals surface area contributed by atoms with Crippen molar-refractivity contribution in [3.8, 4) is 0 Å². The molecule has 1 unspecified atom stereocenters. The molecule has 0 saturated heterocycles. The second-order valence-electron chi connectivity index (χ2n) is 7.88. The van der Waals surface area contributed by atoms with Gasteiger partial charge in [0.2, 0.25) is 0 Å². The molecule has 0 fully saturated rings. The molecule has 0 aromatic rings. The Balaban J connectivity index is 3.65. The minimum absolute atomic E-state index is 0.131. The molecule has 32 heavy (non-hydrogen) atoms. The highest BCUT2D eigenvalue weighted by molar-refractivity contribution is 7.87. The minimum Gasteiger partial charge on any atom is -0.480 e. The molecule has 0 aromatic heterocycles.